The largest absolute Gasteiger partial charge is 0.466 e. The normalized spacial score (nSPS) is 12.7. The maximum absolute atomic E-state index is 12.5. The van der Waals surface area contributed by atoms with Crippen LogP contribution in [-0.2, 0) is 14.3 Å². The number of ether oxygens (including phenoxy) is 1. The molecule has 0 aromatic carbocycles. The van der Waals surface area contributed by atoms with Crippen LogP contribution in [0.3, 0.4) is 0 Å². The minimum atomic E-state index is -0.847. The molecule has 2 unspecified atom stereocenters. The van der Waals surface area contributed by atoms with Crippen molar-refractivity contribution in [3.63, 3.8) is 0 Å². The van der Waals surface area contributed by atoms with Gasteiger partial charge in [0.15, 0.2) is 0 Å². The zero-order chi connectivity index (χ0) is 57.1. The second-order valence-electron chi connectivity index (χ2n) is 24.6. The van der Waals surface area contributed by atoms with E-state index < -0.39 is 12.1 Å². The second-order valence-corrected chi connectivity index (χ2v) is 24.6. The van der Waals surface area contributed by atoms with Crippen LogP contribution in [0.15, 0.2) is 36.5 Å². The number of aliphatic hydroxyl groups excluding tert-OH is 2. The van der Waals surface area contributed by atoms with Crippen molar-refractivity contribution in [3.05, 3.63) is 36.5 Å². The van der Waals surface area contributed by atoms with Crippen molar-refractivity contribution in [2.75, 3.05) is 13.2 Å². The molecule has 466 valence electrons. The molecular formula is C73H139NO5. The average Bonchev–Trinajstić information content (AvgIpc) is 3.45. The highest BCUT2D eigenvalue weighted by Crippen LogP contribution is 2.19. The molecular weight excluding hydrogens is 971 g/mol. The Morgan fingerprint density at radius 1 is 0.354 bits per heavy atom. The van der Waals surface area contributed by atoms with Crippen molar-refractivity contribution in [2.24, 2.45) is 0 Å². The summed E-state index contributed by atoms with van der Waals surface area (Å²) >= 11 is 0. The lowest BCUT2D eigenvalue weighted by Gasteiger charge is -2.20. The van der Waals surface area contributed by atoms with Crippen molar-refractivity contribution >= 4 is 11.9 Å². The van der Waals surface area contributed by atoms with Gasteiger partial charge < -0.3 is 20.3 Å². The van der Waals surface area contributed by atoms with Gasteiger partial charge in [-0.05, 0) is 64.2 Å². The topological polar surface area (TPSA) is 95.9 Å². The molecule has 0 aromatic rings. The molecule has 0 bridgehead atoms. The van der Waals surface area contributed by atoms with Crippen LogP contribution in [0.1, 0.15) is 393 Å². The summed E-state index contributed by atoms with van der Waals surface area (Å²) in [5.41, 5.74) is 0. The van der Waals surface area contributed by atoms with Gasteiger partial charge in [0.2, 0.25) is 5.91 Å². The Morgan fingerprint density at radius 2 is 0.633 bits per heavy atom. The standard InChI is InChI=1S/C73H139NO5/c1-3-5-7-9-11-13-15-17-19-21-22-23-24-25-28-31-34-37-41-45-49-53-57-61-65-71(76)70(69-75)74-72(77)66-62-58-54-50-46-42-38-35-32-29-26-27-30-33-36-40-44-48-52-56-60-64-68-79-73(78)67-63-59-55-51-47-43-39-20-18-16-14-12-10-8-6-4-2/h14,16,20,39,61,65,70-71,75-76H,3-13,15,17-19,21-38,40-60,62-64,66-69H2,1-2H3,(H,74,77)/b16-14-,39-20-,65-61+. The molecule has 0 rings (SSSR count). The zero-order valence-electron chi connectivity index (χ0n) is 53.4. The van der Waals surface area contributed by atoms with E-state index in [1.807, 2.05) is 6.08 Å². The number of hydrogen-bond donors (Lipinski definition) is 3. The first kappa shape index (κ1) is 77.1. The number of allylic oxidation sites excluding steroid dienone is 5. The van der Waals surface area contributed by atoms with E-state index in [4.69, 9.17) is 4.74 Å². The lowest BCUT2D eigenvalue weighted by atomic mass is 10.0. The first-order valence-corrected chi connectivity index (χ1v) is 35.8. The molecule has 0 saturated heterocycles. The molecule has 1 amide bonds. The molecule has 0 aliphatic heterocycles. The van der Waals surface area contributed by atoms with Crippen LogP contribution in [-0.4, -0.2) is 47.4 Å². The molecule has 0 radical (unpaired) electrons. The highest BCUT2D eigenvalue weighted by atomic mass is 16.5. The van der Waals surface area contributed by atoms with Crippen molar-refractivity contribution in [1.29, 1.82) is 0 Å². The fraction of sp³-hybridized carbons (Fsp3) is 0.890. The van der Waals surface area contributed by atoms with Gasteiger partial charge in [0.05, 0.1) is 25.4 Å². The van der Waals surface area contributed by atoms with Crippen LogP contribution in [0.25, 0.3) is 0 Å². The van der Waals surface area contributed by atoms with Crippen LogP contribution < -0.4 is 5.32 Å². The number of unbranched alkanes of at least 4 members (excludes halogenated alkanes) is 52. The lowest BCUT2D eigenvalue weighted by Crippen LogP contribution is -2.45. The fourth-order valence-corrected chi connectivity index (χ4v) is 11.2. The molecule has 0 aliphatic rings. The summed E-state index contributed by atoms with van der Waals surface area (Å²) in [6.45, 7) is 4.91. The zero-order valence-corrected chi connectivity index (χ0v) is 53.4. The predicted octanol–water partition coefficient (Wildman–Crippen LogP) is 23.1. The van der Waals surface area contributed by atoms with Gasteiger partial charge in [-0.2, -0.15) is 0 Å². The summed E-state index contributed by atoms with van der Waals surface area (Å²) in [4.78, 5) is 24.6. The number of rotatable bonds is 67. The smallest absolute Gasteiger partial charge is 0.305 e. The maximum Gasteiger partial charge on any atom is 0.305 e. The number of nitrogens with one attached hydrogen (secondary N) is 1. The van der Waals surface area contributed by atoms with Crippen molar-refractivity contribution in [3.8, 4) is 0 Å². The first-order valence-electron chi connectivity index (χ1n) is 35.8. The van der Waals surface area contributed by atoms with Crippen LogP contribution >= 0.6 is 0 Å². The second kappa shape index (κ2) is 68.6. The van der Waals surface area contributed by atoms with Gasteiger partial charge in [-0.15, -0.1) is 0 Å². The predicted molar refractivity (Wildman–Crippen MR) is 347 cm³/mol. The van der Waals surface area contributed by atoms with Gasteiger partial charge in [-0.3, -0.25) is 9.59 Å². The summed E-state index contributed by atoms with van der Waals surface area (Å²) in [5, 5.41) is 23.3. The quantitative estimate of drug-likeness (QED) is 0.0320. The molecule has 0 spiro atoms. The van der Waals surface area contributed by atoms with Crippen molar-refractivity contribution in [1.82, 2.24) is 5.32 Å². The molecule has 0 saturated carbocycles. The third kappa shape index (κ3) is 65.1. The fourth-order valence-electron chi connectivity index (χ4n) is 11.2. The van der Waals surface area contributed by atoms with Gasteiger partial charge in [-0.1, -0.05) is 352 Å². The van der Waals surface area contributed by atoms with E-state index in [-0.39, 0.29) is 18.5 Å². The van der Waals surface area contributed by atoms with E-state index in [9.17, 15) is 19.8 Å². The van der Waals surface area contributed by atoms with Gasteiger partial charge in [0.25, 0.3) is 0 Å². The number of amides is 1. The number of carbonyl (C=O) groups excluding carboxylic acids is 2. The minimum Gasteiger partial charge on any atom is -0.466 e. The van der Waals surface area contributed by atoms with Crippen molar-refractivity contribution < 1.29 is 24.5 Å². The molecule has 79 heavy (non-hydrogen) atoms. The van der Waals surface area contributed by atoms with E-state index >= 15 is 0 Å². The molecule has 0 aliphatic carbocycles. The van der Waals surface area contributed by atoms with Crippen LogP contribution in [0.2, 0.25) is 0 Å². The molecule has 0 fully saturated rings. The summed E-state index contributed by atoms with van der Waals surface area (Å²) in [7, 11) is 0. The Hall–Kier alpha value is -1.92. The maximum atomic E-state index is 12.5. The number of esters is 1. The summed E-state index contributed by atoms with van der Waals surface area (Å²) in [6.07, 6.45) is 87.9. The molecule has 3 N–H and O–H groups in total. The van der Waals surface area contributed by atoms with Gasteiger partial charge in [0.1, 0.15) is 0 Å². The molecule has 0 heterocycles. The molecule has 0 aromatic heterocycles. The van der Waals surface area contributed by atoms with E-state index in [1.165, 1.54) is 315 Å². The van der Waals surface area contributed by atoms with Gasteiger partial charge in [0, 0.05) is 12.8 Å². The number of carbonyl (C=O) groups is 2. The highest BCUT2D eigenvalue weighted by molar-refractivity contribution is 5.76. The van der Waals surface area contributed by atoms with Crippen LogP contribution in [0, 0.1) is 0 Å². The summed E-state index contributed by atoms with van der Waals surface area (Å²) in [5.74, 6) is -0.0644. The minimum absolute atomic E-state index is 0.0000969. The van der Waals surface area contributed by atoms with Crippen LogP contribution in [0.5, 0.6) is 0 Å². The lowest BCUT2D eigenvalue weighted by molar-refractivity contribution is -0.143. The SMILES string of the molecule is CCCCCC/C=C\C/C=C\CCCCCCCC(=O)OCCCCCCCCCCCCCCCCCCCCCCCCC(=O)NC(CO)C(O)/C=C/CCCCCCCCCCCCCCCCCCCCCCCC. The molecule has 2 atom stereocenters. The van der Waals surface area contributed by atoms with Gasteiger partial charge in [-0.25, -0.2) is 0 Å². The van der Waals surface area contributed by atoms with Crippen LogP contribution in [0.4, 0.5) is 0 Å². The van der Waals surface area contributed by atoms with Crippen molar-refractivity contribution in [2.45, 2.75) is 405 Å². The third-order valence-electron chi connectivity index (χ3n) is 16.7. The summed E-state index contributed by atoms with van der Waals surface area (Å²) < 4.78 is 5.49. The number of aliphatic hydroxyl groups is 2. The first-order chi connectivity index (χ1) is 39.0. The Morgan fingerprint density at radius 3 is 0.975 bits per heavy atom. The number of hydrogen-bond acceptors (Lipinski definition) is 5. The Labute approximate surface area is 494 Å². The highest BCUT2D eigenvalue weighted by Gasteiger charge is 2.18. The Balaban J connectivity index is 3.41. The van der Waals surface area contributed by atoms with E-state index in [0.717, 1.165) is 51.4 Å². The Bertz CT molecular complexity index is 1280. The van der Waals surface area contributed by atoms with E-state index in [1.54, 1.807) is 6.08 Å². The van der Waals surface area contributed by atoms with Gasteiger partial charge >= 0.3 is 5.97 Å². The monoisotopic (exact) mass is 1110 g/mol. The van der Waals surface area contributed by atoms with E-state index in [0.29, 0.717) is 19.4 Å². The molecule has 6 heteroatoms. The third-order valence-corrected chi connectivity index (χ3v) is 16.7. The molecule has 6 nitrogen and oxygen atoms in total. The summed E-state index contributed by atoms with van der Waals surface area (Å²) in [6, 6.07) is -0.630. The van der Waals surface area contributed by atoms with E-state index in [2.05, 4.69) is 43.5 Å². The Kier molecular flexibility index (Phi) is 66.9. The average molecular weight is 1110 g/mol.